The van der Waals surface area contributed by atoms with Gasteiger partial charge in [-0.2, -0.15) is 0 Å². The summed E-state index contributed by atoms with van der Waals surface area (Å²) in [6.45, 7) is 0. The first-order valence-electron chi connectivity index (χ1n) is 4.86. The molecule has 0 radical (unpaired) electrons. The number of carboxylic acids is 1. The summed E-state index contributed by atoms with van der Waals surface area (Å²) >= 11 is 0. The molecule has 0 unspecified atom stereocenters. The summed E-state index contributed by atoms with van der Waals surface area (Å²) in [5, 5.41) is 8.54. The summed E-state index contributed by atoms with van der Waals surface area (Å²) in [5.41, 5.74) is 1.33. The van der Waals surface area contributed by atoms with Crippen molar-refractivity contribution in [3.63, 3.8) is 0 Å². The molecule has 0 fully saturated rings. The zero-order valence-electron chi connectivity index (χ0n) is 8.75. The minimum atomic E-state index is -1.03. The predicted molar refractivity (Wildman–Crippen MR) is 60.2 cm³/mol. The van der Waals surface area contributed by atoms with E-state index in [0.29, 0.717) is 11.4 Å². The molecule has 86 valence electrons. The molecule has 1 aromatic carbocycles. The van der Waals surface area contributed by atoms with Crippen LogP contribution in [0.15, 0.2) is 42.9 Å². The molecule has 5 heteroatoms. The Morgan fingerprint density at radius 2 is 2.06 bits per heavy atom. The van der Waals surface area contributed by atoms with Gasteiger partial charge in [0.1, 0.15) is 5.82 Å². The monoisotopic (exact) mass is 232 g/mol. The standard InChI is InChI=1S/C12H9FN2O2/c13-9-1-3-10(4-2-9)15-8-14-7-11(15)5-6-12(16)17/h1-8H,(H,16,17)/b6-5+. The van der Waals surface area contributed by atoms with Crippen LogP contribution in [0.5, 0.6) is 0 Å². The van der Waals surface area contributed by atoms with Crippen LogP contribution in [-0.2, 0) is 4.79 Å². The zero-order valence-corrected chi connectivity index (χ0v) is 8.75. The van der Waals surface area contributed by atoms with Gasteiger partial charge in [-0.3, -0.25) is 4.57 Å². The van der Waals surface area contributed by atoms with E-state index in [2.05, 4.69) is 4.98 Å². The maximum Gasteiger partial charge on any atom is 0.328 e. The third-order valence-electron chi connectivity index (χ3n) is 2.17. The maximum absolute atomic E-state index is 12.8. The molecular formula is C12H9FN2O2. The van der Waals surface area contributed by atoms with Crippen molar-refractivity contribution in [3.05, 3.63) is 54.4 Å². The quantitative estimate of drug-likeness (QED) is 0.824. The lowest BCUT2D eigenvalue weighted by Gasteiger charge is -2.04. The van der Waals surface area contributed by atoms with Gasteiger partial charge < -0.3 is 5.11 Å². The summed E-state index contributed by atoms with van der Waals surface area (Å²) in [6, 6.07) is 5.85. The summed E-state index contributed by atoms with van der Waals surface area (Å²) < 4.78 is 14.4. The highest BCUT2D eigenvalue weighted by molar-refractivity contribution is 5.85. The Morgan fingerprint density at radius 1 is 1.35 bits per heavy atom. The van der Waals surface area contributed by atoms with Crippen molar-refractivity contribution >= 4 is 12.0 Å². The highest BCUT2D eigenvalue weighted by Gasteiger charge is 2.02. The number of carbonyl (C=O) groups is 1. The second-order valence-electron chi connectivity index (χ2n) is 3.34. The number of hydrogen-bond donors (Lipinski definition) is 1. The topological polar surface area (TPSA) is 55.1 Å². The average molecular weight is 232 g/mol. The van der Waals surface area contributed by atoms with Crippen molar-refractivity contribution in [2.75, 3.05) is 0 Å². The minimum Gasteiger partial charge on any atom is -0.478 e. The Labute approximate surface area is 96.7 Å². The predicted octanol–water partition coefficient (Wildman–Crippen LogP) is 2.11. The first-order valence-corrected chi connectivity index (χ1v) is 4.86. The van der Waals surface area contributed by atoms with Gasteiger partial charge in [0, 0.05) is 11.8 Å². The zero-order chi connectivity index (χ0) is 12.3. The van der Waals surface area contributed by atoms with Gasteiger partial charge in [-0.15, -0.1) is 0 Å². The van der Waals surface area contributed by atoms with Gasteiger partial charge in [0.05, 0.1) is 18.2 Å². The average Bonchev–Trinajstić information content (AvgIpc) is 2.75. The molecule has 0 saturated carbocycles. The number of aromatic nitrogens is 2. The lowest BCUT2D eigenvalue weighted by atomic mass is 10.3. The first kappa shape index (κ1) is 11.1. The minimum absolute atomic E-state index is 0.323. The highest BCUT2D eigenvalue weighted by atomic mass is 19.1. The number of halogens is 1. The number of aliphatic carboxylic acids is 1. The van der Waals surface area contributed by atoms with E-state index in [1.807, 2.05) is 0 Å². The number of rotatable bonds is 3. The molecule has 0 aliphatic rings. The lowest BCUT2D eigenvalue weighted by Crippen LogP contribution is -1.95. The Morgan fingerprint density at radius 3 is 2.71 bits per heavy atom. The Kier molecular flexibility index (Phi) is 3.00. The van der Waals surface area contributed by atoms with Gasteiger partial charge in [0.15, 0.2) is 0 Å². The molecule has 0 amide bonds. The second kappa shape index (κ2) is 4.61. The van der Waals surface area contributed by atoms with Gasteiger partial charge in [-0.05, 0) is 30.3 Å². The van der Waals surface area contributed by atoms with E-state index in [9.17, 15) is 9.18 Å². The van der Waals surface area contributed by atoms with Crippen molar-refractivity contribution in [1.29, 1.82) is 0 Å². The fraction of sp³-hybridized carbons (Fsp3) is 0. The van der Waals surface area contributed by atoms with Crippen molar-refractivity contribution in [1.82, 2.24) is 9.55 Å². The molecule has 0 bridgehead atoms. The molecule has 0 aliphatic carbocycles. The van der Waals surface area contributed by atoms with Crippen molar-refractivity contribution < 1.29 is 14.3 Å². The fourth-order valence-corrected chi connectivity index (χ4v) is 1.40. The fourth-order valence-electron chi connectivity index (χ4n) is 1.40. The van der Waals surface area contributed by atoms with Gasteiger partial charge in [-0.1, -0.05) is 0 Å². The molecular weight excluding hydrogens is 223 g/mol. The lowest BCUT2D eigenvalue weighted by molar-refractivity contribution is -0.131. The Hall–Kier alpha value is -2.43. The second-order valence-corrected chi connectivity index (χ2v) is 3.34. The van der Waals surface area contributed by atoms with Gasteiger partial charge >= 0.3 is 5.97 Å². The molecule has 0 saturated heterocycles. The Bertz CT molecular complexity index is 558. The van der Waals surface area contributed by atoms with E-state index in [1.54, 1.807) is 16.7 Å². The summed E-state index contributed by atoms with van der Waals surface area (Å²) in [4.78, 5) is 14.3. The SMILES string of the molecule is O=C(O)/C=C/c1cncn1-c1ccc(F)cc1. The normalized spacial score (nSPS) is 10.9. The van der Waals surface area contributed by atoms with Crippen molar-refractivity contribution in [2.24, 2.45) is 0 Å². The van der Waals surface area contributed by atoms with Gasteiger partial charge in [0.25, 0.3) is 0 Å². The largest absolute Gasteiger partial charge is 0.478 e. The van der Waals surface area contributed by atoms with Crippen LogP contribution in [0.25, 0.3) is 11.8 Å². The van der Waals surface area contributed by atoms with Crippen LogP contribution < -0.4 is 0 Å². The van der Waals surface area contributed by atoms with Crippen LogP contribution in [0.4, 0.5) is 4.39 Å². The molecule has 1 N–H and O–H groups in total. The molecule has 4 nitrogen and oxygen atoms in total. The first-order chi connectivity index (χ1) is 8.16. The van der Waals surface area contributed by atoms with Crippen LogP contribution in [-0.4, -0.2) is 20.6 Å². The van der Waals surface area contributed by atoms with E-state index in [4.69, 9.17) is 5.11 Å². The van der Waals surface area contributed by atoms with E-state index in [0.717, 1.165) is 6.08 Å². The van der Waals surface area contributed by atoms with Crippen molar-refractivity contribution in [2.45, 2.75) is 0 Å². The van der Waals surface area contributed by atoms with Gasteiger partial charge in [0.2, 0.25) is 0 Å². The molecule has 1 heterocycles. The summed E-state index contributed by atoms with van der Waals surface area (Å²) in [6.07, 6.45) is 5.52. The molecule has 0 spiro atoms. The molecule has 0 aliphatic heterocycles. The van der Waals surface area contributed by atoms with Crippen molar-refractivity contribution in [3.8, 4) is 5.69 Å². The highest BCUT2D eigenvalue weighted by Crippen LogP contribution is 2.13. The van der Waals surface area contributed by atoms with E-state index >= 15 is 0 Å². The Balaban J connectivity index is 2.36. The van der Waals surface area contributed by atoms with Crippen LogP contribution in [0.2, 0.25) is 0 Å². The van der Waals surface area contributed by atoms with E-state index < -0.39 is 5.97 Å². The molecule has 1 aromatic heterocycles. The van der Waals surface area contributed by atoms with Crippen LogP contribution >= 0.6 is 0 Å². The summed E-state index contributed by atoms with van der Waals surface area (Å²) in [5.74, 6) is -1.35. The number of hydrogen-bond acceptors (Lipinski definition) is 2. The van der Waals surface area contributed by atoms with E-state index in [-0.39, 0.29) is 5.82 Å². The number of nitrogens with zero attached hydrogens (tertiary/aromatic N) is 2. The summed E-state index contributed by atoms with van der Waals surface area (Å²) in [7, 11) is 0. The van der Waals surface area contributed by atoms with E-state index in [1.165, 1.54) is 30.7 Å². The number of benzene rings is 1. The maximum atomic E-state index is 12.8. The molecule has 2 aromatic rings. The smallest absolute Gasteiger partial charge is 0.328 e. The third kappa shape index (κ3) is 2.57. The third-order valence-corrected chi connectivity index (χ3v) is 2.17. The van der Waals surface area contributed by atoms with Crippen LogP contribution in [0, 0.1) is 5.82 Å². The number of carboxylic acid groups (broad SMARTS) is 1. The molecule has 0 atom stereocenters. The number of imidazole rings is 1. The molecule has 2 rings (SSSR count). The van der Waals surface area contributed by atoms with Gasteiger partial charge in [-0.25, -0.2) is 14.2 Å². The van der Waals surface area contributed by atoms with Crippen LogP contribution in [0.3, 0.4) is 0 Å². The molecule has 17 heavy (non-hydrogen) atoms. The van der Waals surface area contributed by atoms with Crippen LogP contribution in [0.1, 0.15) is 5.69 Å².